The molecule has 2 aromatic rings. The third-order valence-corrected chi connectivity index (χ3v) is 4.96. The van der Waals surface area contributed by atoms with E-state index in [1.807, 2.05) is 0 Å². The van der Waals surface area contributed by atoms with Gasteiger partial charge in [-0.3, -0.25) is 0 Å². The molecule has 20 heavy (non-hydrogen) atoms. The Morgan fingerprint density at radius 3 is 2.40 bits per heavy atom. The molecule has 0 aliphatic carbocycles. The summed E-state index contributed by atoms with van der Waals surface area (Å²) in [5.74, 6) is 0.517. The zero-order valence-electron chi connectivity index (χ0n) is 11.0. The molecular formula is C10H12N4O4S2. The molecule has 0 radical (unpaired) electrons. The molecule has 0 spiro atoms. The second kappa shape index (κ2) is 5.59. The van der Waals surface area contributed by atoms with Crippen LogP contribution >= 0.6 is 11.5 Å². The third kappa shape index (κ3) is 2.51. The minimum absolute atomic E-state index is 0.0214. The molecular weight excluding hydrogens is 304 g/mol. The van der Waals surface area contributed by atoms with E-state index in [2.05, 4.69) is 14.3 Å². The van der Waals surface area contributed by atoms with Crippen molar-refractivity contribution in [2.75, 3.05) is 25.6 Å². The summed E-state index contributed by atoms with van der Waals surface area (Å²) in [7, 11) is 0.367. The minimum atomic E-state index is -3.82. The average molecular weight is 316 g/mol. The van der Waals surface area contributed by atoms with Crippen LogP contribution in [0.3, 0.4) is 0 Å². The van der Waals surface area contributed by atoms with Gasteiger partial charge in [-0.15, -0.1) is 0 Å². The minimum Gasteiger partial charge on any atom is -0.494 e. The first-order chi connectivity index (χ1) is 9.50. The van der Waals surface area contributed by atoms with Crippen LogP contribution in [0.15, 0.2) is 22.7 Å². The van der Waals surface area contributed by atoms with Gasteiger partial charge in [-0.05, 0) is 11.5 Å². The Morgan fingerprint density at radius 2 is 1.85 bits per heavy atom. The predicted octanol–water partition coefficient (Wildman–Crippen LogP) is 0.775. The predicted molar refractivity (Wildman–Crippen MR) is 72.8 cm³/mol. The van der Waals surface area contributed by atoms with Gasteiger partial charge in [0.2, 0.25) is 11.8 Å². The lowest BCUT2D eigenvalue weighted by atomic mass is 10.6. The molecule has 0 fully saturated rings. The maximum Gasteiger partial charge on any atom is 0.272 e. The molecule has 10 heteroatoms. The molecule has 8 nitrogen and oxygen atoms in total. The van der Waals surface area contributed by atoms with Crippen molar-refractivity contribution >= 4 is 27.5 Å². The standard InChI is InChI=1S/C10H12N4O4S2/c1-14(10-11-4-7(17-2)5-12-10)20(15,16)8-6-19-13-9(8)18-3/h4-6H,1-3H3. The molecule has 0 saturated carbocycles. The molecule has 0 aromatic carbocycles. The van der Waals surface area contributed by atoms with Gasteiger partial charge < -0.3 is 9.47 Å². The van der Waals surface area contributed by atoms with E-state index in [1.54, 1.807) is 0 Å². The highest BCUT2D eigenvalue weighted by Crippen LogP contribution is 2.28. The van der Waals surface area contributed by atoms with Crippen molar-refractivity contribution in [2.24, 2.45) is 0 Å². The highest BCUT2D eigenvalue weighted by Gasteiger charge is 2.28. The second-order valence-corrected chi connectivity index (χ2v) is 6.15. The smallest absolute Gasteiger partial charge is 0.272 e. The number of sulfonamides is 1. The fraction of sp³-hybridized carbons (Fsp3) is 0.300. The van der Waals surface area contributed by atoms with E-state index in [4.69, 9.17) is 9.47 Å². The summed E-state index contributed by atoms with van der Waals surface area (Å²) in [6.07, 6.45) is 2.77. The Balaban J connectivity index is 2.38. The molecule has 0 bridgehead atoms. The summed E-state index contributed by atoms with van der Waals surface area (Å²) in [6.45, 7) is 0. The Labute approximate surface area is 120 Å². The second-order valence-electron chi connectivity index (χ2n) is 3.58. The van der Waals surface area contributed by atoms with Gasteiger partial charge in [0.25, 0.3) is 10.0 Å². The van der Waals surface area contributed by atoms with Gasteiger partial charge in [0.05, 0.1) is 26.6 Å². The molecule has 0 aliphatic rings. The molecule has 2 heterocycles. The summed E-state index contributed by atoms with van der Waals surface area (Å²) < 4.78 is 39.5. The Bertz CT molecular complexity index is 684. The topological polar surface area (TPSA) is 94.5 Å². The maximum absolute atomic E-state index is 12.4. The molecule has 108 valence electrons. The molecule has 0 unspecified atom stereocenters. The van der Waals surface area contributed by atoms with Crippen LogP contribution in [0.4, 0.5) is 5.95 Å². The van der Waals surface area contributed by atoms with Crippen LogP contribution in [-0.4, -0.2) is 44.0 Å². The Morgan fingerprint density at radius 1 is 1.20 bits per heavy atom. The summed E-state index contributed by atoms with van der Waals surface area (Å²) in [5.41, 5.74) is 0. The van der Waals surface area contributed by atoms with E-state index in [0.717, 1.165) is 15.8 Å². The summed E-state index contributed by atoms with van der Waals surface area (Å²) in [5, 5.41) is 1.40. The maximum atomic E-state index is 12.4. The van der Waals surface area contributed by atoms with Gasteiger partial charge in [0, 0.05) is 12.4 Å². The zero-order chi connectivity index (χ0) is 14.8. The lowest BCUT2D eigenvalue weighted by Gasteiger charge is -2.16. The first-order valence-corrected chi connectivity index (χ1v) is 7.61. The lowest BCUT2D eigenvalue weighted by molar-refractivity contribution is 0.391. The van der Waals surface area contributed by atoms with Gasteiger partial charge >= 0.3 is 0 Å². The Kier molecular flexibility index (Phi) is 4.04. The van der Waals surface area contributed by atoms with Gasteiger partial charge in [-0.2, -0.15) is 4.37 Å². The normalized spacial score (nSPS) is 11.2. The van der Waals surface area contributed by atoms with Crippen LogP contribution in [0.1, 0.15) is 0 Å². The molecule has 0 saturated heterocycles. The first-order valence-electron chi connectivity index (χ1n) is 5.34. The molecule has 0 atom stereocenters. The fourth-order valence-electron chi connectivity index (χ4n) is 1.36. The molecule has 2 aromatic heterocycles. The highest BCUT2D eigenvalue weighted by molar-refractivity contribution is 7.93. The van der Waals surface area contributed by atoms with Crippen molar-refractivity contribution in [3.8, 4) is 11.6 Å². The average Bonchev–Trinajstić information content (AvgIpc) is 2.95. The number of hydrogen-bond acceptors (Lipinski definition) is 8. The summed E-state index contributed by atoms with van der Waals surface area (Å²) in [4.78, 5) is 7.85. The van der Waals surface area contributed by atoms with Crippen molar-refractivity contribution in [3.63, 3.8) is 0 Å². The number of anilines is 1. The number of methoxy groups -OCH3 is 2. The van der Waals surface area contributed by atoms with Gasteiger partial charge in [-0.1, -0.05) is 0 Å². The van der Waals surface area contributed by atoms with Crippen LogP contribution in [0.5, 0.6) is 11.6 Å². The van der Waals surface area contributed by atoms with Crippen molar-refractivity contribution in [1.29, 1.82) is 0 Å². The number of hydrogen-bond donors (Lipinski definition) is 0. The van der Waals surface area contributed by atoms with Crippen molar-refractivity contribution in [1.82, 2.24) is 14.3 Å². The van der Waals surface area contributed by atoms with Crippen LogP contribution < -0.4 is 13.8 Å². The van der Waals surface area contributed by atoms with Gasteiger partial charge in [0.15, 0.2) is 10.6 Å². The molecule has 0 N–H and O–H groups in total. The van der Waals surface area contributed by atoms with Crippen molar-refractivity contribution in [2.45, 2.75) is 4.90 Å². The molecule has 0 amide bonds. The lowest BCUT2D eigenvalue weighted by Crippen LogP contribution is -2.28. The van der Waals surface area contributed by atoms with Crippen molar-refractivity contribution in [3.05, 3.63) is 17.8 Å². The highest BCUT2D eigenvalue weighted by atomic mass is 32.2. The third-order valence-electron chi connectivity index (χ3n) is 2.47. The quantitative estimate of drug-likeness (QED) is 0.804. The van der Waals surface area contributed by atoms with E-state index in [9.17, 15) is 8.42 Å². The van der Waals surface area contributed by atoms with Gasteiger partial charge in [0.1, 0.15) is 0 Å². The summed E-state index contributed by atoms with van der Waals surface area (Å²) >= 11 is 0.995. The largest absolute Gasteiger partial charge is 0.494 e. The Hall–Kier alpha value is -1.94. The van der Waals surface area contributed by atoms with Crippen molar-refractivity contribution < 1.29 is 17.9 Å². The number of rotatable bonds is 5. The first kappa shape index (κ1) is 14.5. The number of ether oxygens (including phenoxy) is 2. The molecule has 2 rings (SSSR count). The van der Waals surface area contributed by atoms with E-state index in [-0.39, 0.29) is 16.7 Å². The van der Waals surface area contributed by atoms with Crippen LogP contribution in [0.2, 0.25) is 0 Å². The fourth-order valence-corrected chi connectivity index (χ4v) is 3.50. The monoisotopic (exact) mass is 316 g/mol. The van der Waals surface area contributed by atoms with Crippen LogP contribution in [0.25, 0.3) is 0 Å². The van der Waals surface area contributed by atoms with Crippen LogP contribution in [-0.2, 0) is 10.0 Å². The number of aromatic nitrogens is 3. The van der Waals surface area contributed by atoms with E-state index < -0.39 is 10.0 Å². The summed E-state index contributed by atoms with van der Waals surface area (Å²) in [6, 6.07) is 0. The van der Waals surface area contributed by atoms with E-state index >= 15 is 0 Å². The molecule has 0 aliphatic heterocycles. The van der Waals surface area contributed by atoms with Gasteiger partial charge in [-0.25, -0.2) is 22.7 Å². The van der Waals surface area contributed by atoms with E-state index in [1.165, 1.54) is 39.0 Å². The van der Waals surface area contributed by atoms with E-state index in [0.29, 0.717) is 5.75 Å². The number of nitrogens with zero attached hydrogens (tertiary/aromatic N) is 4. The SMILES string of the molecule is COc1cnc(N(C)S(=O)(=O)c2csnc2OC)nc1. The van der Waals surface area contributed by atoms with Crippen LogP contribution in [0, 0.1) is 0 Å². The zero-order valence-corrected chi connectivity index (χ0v) is 12.6.